The van der Waals surface area contributed by atoms with Gasteiger partial charge in [-0.05, 0) is 48.5 Å². The summed E-state index contributed by atoms with van der Waals surface area (Å²) < 4.78 is 12.8. The number of carbonyl (C=O) groups excluding carboxylic acids is 1. The van der Waals surface area contributed by atoms with Crippen LogP contribution in [0.15, 0.2) is 73.3 Å². The molecule has 0 atom stereocenters. The van der Waals surface area contributed by atoms with E-state index in [1.807, 2.05) is 0 Å². The molecule has 1 amide bonds. The lowest BCUT2D eigenvalue weighted by Gasteiger charge is -2.10. The van der Waals surface area contributed by atoms with E-state index in [-0.39, 0.29) is 12.5 Å². The van der Waals surface area contributed by atoms with E-state index >= 15 is 0 Å². The van der Waals surface area contributed by atoms with E-state index in [0.717, 1.165) is 0 Å². The first-order valence-corrected chi connectivity index (χ1v) is 9.80. The predicted octanol–water partition coefficient (Wildman–Crippen LogP) is 4.78. The van der Waals surface area contributed by atoms with Gasteiger partial charge in [-0.2, -0.15) is 5.10 Å². The fourth-order valence-electron chi connectivity index (χ4n) is 2.58. The molecule has 0 radical (unpaired) electrons. The highest BCUT2D eigenvalue weighted by Crippen LogP contribution is 2.27. The van der Waals surface area contributed by atoms with E-state index in [0.29, 0.717) is 38.9 Å². The molecule has 1 N–H and O–H groups in total. The lowest BCUT2D eigenvalue weighted by Crippen LogP contribution is -2.20. The molecule has 0 fully saturated rings. The van der Waals surface area contributed by atoms with Crippen LogP contribution in [0.4, 0.5) is 5.69 Å². The van der Waals surface area contributed by atoms with Crippen molar-refractivity contribution in [2.24, 2.45) is 0 Å². The van der Waals surface area contributed by atoms with Crippen molar-refractivity contribution < 1.29 is 14.3 Å². The van der Waals surface area contributed by atoms with Gasteiger partial charge in [-0.3, -0.25) is 4.79 Å². The molecule has 4 rings (SSSR count). The summed E-state index contributed by atoms with van der Waals surface area (Å²) in [6.45, 7) is -0.198. The maximum Gasteiger partial charge on any atom is 0.262 e. The number of anilines is 1. The molecule has 8 nitrogen and oxygen atoms in total. The first-order chi connectivity index (χ1) is 15.1. The Labute approximate surface area is 187 Å². The quantitative estimate of drug-likeness (QED) is 0.431. The van der Waals surface area contributed by atoms with Crippen LogP contribution >= 0.6 is 23.2 Å². The van der Waals surface area contributed by atoms with Crippen molar-refractivity contribution in [3.05, 3.63) is 83.4 Å². The largest absolute Gasteiger partial charge is 0.482 e. The minimum Gasteiger partial charge on any atom is -0.482 e. The van der Waals surface area contributed by atoms with Crippen molar-refractivity contribution in [3.63, 3.8) is 0 Å². The van der Waals surface area contributed by atoms with Crippen LogP contribution in [0.2, 0.25) is 10.0 Å². The monoisotopic (exact) mass is 455 g/mol. The molecule has 0 spiro atoms. The Hall–Kier alpha value is -3.62. The summed E-state index contributed by atoms with van der Waals surface area (Å²) in [5, 5.41) is 7.68. The zero-order valence-electron chi connectivity index (χ0n) is 15.9. The molecule has 2 heterocycles. The molecule has 0 aliphatic rings. The number of amides is 1. The van der Waals surface area contributed by atoms with Gasteiger partial charge in [-0.15, -0.1) is 0 Å². The van der Waals surface area contributed by atoms with Crippen molar-refractivity contribution in [1.29, 1.82) is 0 Å². The summed E-state index contributed by atoms with van der Waals surface area (Å²) >= 11 is 11.9. The number of rotatable bonds is 7. The van der Waals surface area contributed by atoms with Gasteiger partial charge in [-0.1, -0.05) is 23.2 Å². The molecular formula is C21H15Cl2N5O3. The topological polar surface area (TPSA) is 91.2 Å². The van der Waals surface area contributed by atoms with Gasteiger partial charge in [-0.25, -0.2) is 14.6 Å². The van der Waals surface area contributed by atoms with Crippen molar-refractivity contribution >= 4 is 34.8 Å². The second-order valence-electron chi connectivity index (χ2n) is 6.20. The fourth-order valence-corrected chi connectivity index (χ4v) is 3.04. The summed E-state index contributed by atoms with van der Waals surface area (Å²) in [4.78, 5) is 20.4. The Bertz CT molecular complexity index is 1180. The summed E-state index contributed by atoms with van der Waals surface area (Å²) in [5.41, 5.74) is 0.586. The molecular weight excluding hydrogens is 441 g/mol. The average Bonchev–Trinajstić information content (AvgIpc) is 3.30. The second kappa shape index (κ2) is 9.46. The number of ether oxygens (including phenoxy) is 2. The number of halogens is 2. The highest BCUT2D eigenvalue weighted by Gasteiger charge is 2.08. The lowest BCUT2D eigenvalue weighted by molar-refractivity contribution is -0.118. The molecule has 0 saturated heterocycles. The molecule has 31 heavy (non-hydrogen) atoms. The third-order valence-electron chi connectivity index (χ3n) is 3.98. The van der Waals surface area contributed by atoms with Crippen LogP contribution < -0.4 is 14.8 Å². The van der Waals surface area contributed by atoms with Gasteiger partial charge in [0.25, 0.3) is 5.91 Å². The van der Waals surface area contributed by atoms with Crippen LogP contribution in [0.1, 0.15) is 0 Å². The van der Waals surface area contributed by atoms with Crippen molar-refractivity contribution in [3.8, 4) is 23.2 Å². The van der Waals surface area contributed by atoms with E-state index in [1.165, 1.54) is 6.33 Å². The standard InChI is InChI=1S/C21H15Cl2N5O3/c22-14-2-7-18(17(23)10-14)30-12-20(29)27-15-3-5-16(6-4-15)31-21-11-19(24-13-25-21)28-9-1-8-26-28/h1-11,13H,12H2,(H,27,29). The lowest BCUT2D eigenvalue weighted by atomic mass is 10.3. The van der Waals surface area contributed by atoms with Crippen LogP contribution in [0.5, 0.6) is 17.4 Å². The van der Waals surface area contributed by atoms with E-state index in [4.69, 9.17) is 32.7 Å². The number of hydrogen-bond donors (Lipinski definition) is 1. The number of benzene rings is 2. The van der Waals surface area contributed by atoms with Crippen LogP contribution in [0, 0.1) is 0 Å². The first kappa shape index (κ1) is 20.6. The molecule has 2 aromatic heterocycles. The summed E-state index contributed by atoms with van der Waals surface area (Å²) in [6, 6.07) is 15.1. The maximum absolute atomic E-state index is 12.1. The fraction of sp³-hybridized carbons (Fsp3) is 0.0476. The van der Waals surface area contributed by atoms with Crippen molar-refractivity contribution in [2.75, 3.05) is 11.9 Å². The Morgan fingerprint density at radius 3 is 2.65 bits per heavy atom. The molecule has 0 aliphatic heterocycles. The minimum absolute atomic E-state index is 0.198. The number of carbonyl (C=O) groups is 1. The zero-order chi connectivity index (χ0) is 21.6. The van der Waals surface area contributed by atoms with Crippen LogP contribution in [-0.2, 0) is 4.79 Å². The molecule has 0 saturated carbocycles. The van der Waals surface area contributed by atoms with Gasteiger partial charge >= 0.3 is 0 Å². The number of hydrogen-bond acceptors (Lipinski definition) is 6. The molecule has 0 bridgehead atoms. The van der Waals surface area contributed by atoms with Crippen LogP contribution in [-0.4, -0.2) is 32.3 Å². The predicted molar refractivity (Wildman–Crippen MR) is 116 cm³/mol. The number of nitrogens with one attached hydrogen (secondary N) is 1. The third-order valence-corrected chi connectivity index (χ3v) is 4.51. The third kappa shape index (κ3) is 5.50. The highest BCUT2D eigenvalue weighted by molar-refractivity contribution is 6.35. The molecule has 4 aromatic rings. The Morgan fingerprint density at radius 2 is 1.90 bits per heavy atom. The molecule has 0 unspecified atom stereocenters. The SMILES string of the molecule is O=C(COc1ccc(Cl)cc1Cl)Nc1ccc(Oc2cc(-n3cccn3)ncn2)cc1. The second-order valence-corrected chi connectivity index (χ2v) is 7.05. The summed E-state index contributed by atoms with van der Waals surface area (Å²) in [5.74, 6) is 1.54. The Kier molecular flexibility index (Phi) is 6.30. The van der Waals surface area contributed by atoms with Crippen molar-refractivity contribution in [2.45, 2.75) is 0 Å². The normalized spacial score (nSPS) is 10.5. The first-order valence-electron chi connectivity index (χ1n) is 9.04. The van der Waals surface area contributed by atoms with Crippen LogP contribution in [0.25, 0.3) is 5.82 Å². The van der Waals surface area contributed by atoms with E-state index in [2.05, 4.69) is 20.4 Å². The zero-order valence-corrected chi connectivity index (χ0v) is 17.4. The number of nitrogens with zero attached hydrogens (tertiary/aromatic N) is 4. The number of aromatic nitrogens is 4. The van der Waals surface area contributed by atoms with Gasteiger partial charge in [0.15, 0.2) is 12.4 Å². The highest BCUT2D eigenvalue weighted by atomic mass is 35.5. The van der Waals surface area contributed by atoms with E-state index in [1.54, 1.807) is 71.7 Å². The van der Waals surface area contributed by atoms with Crippen molar-refractivity contribution in [1.82, 2.24) is 19.7 Å². The minimum atomic E-state index is -0.334. The Morgan fingerprint density at radius 1 is 1.06 bits per heavy atom. The van der Waals surface area contributed by atoms with Gasteiger partial charge in [0.1, 0.15) is 17.8 Å². The smallest absolute Gasteiger partial charge is 0.262 e. The molecule has 10 heteroatoms. The van der Waals surface area contributed by atoms with Gasteiger partial charge < -0.3 is 14.8 Å². The van der Waals surface area contributed by atoms with E-state index < -0.39 is 0 Å². The summed E-state index contributed by atoms with van der Waals surface area (Å²) in [7, 11) is 0. The molecule has 156 valence electrons. The molecule has 2 aromatic carbocycles. The maximum atomic E-state index is 12.1. The Balaban J connectivity index is 1.33. The summed E-state index contributed by atoms with van der Waals surface area (Å²) in [6.07, 6.45) is 4.83. The average molecular weight is 456 g/mol. The van der Waals surface area contributed by atoms with Gasteiger partial charge in [0.2, 0.25) is 5.88 Å². The molecule has 0 aliphatic carbocycles. The van der Waals surface area contributed by atoms with Gasteiger partial charge in [0, 0.05) is 29.2 Å². The van der Waals surface area contributed by atoms with Gasteiger partial charge in [0.05, 0.1) is 5.02 Å². The van der Waals surface area contributed by atoms with E-state index in [9.17, 15) is 4.79 Å². The van der Waals surface area contributed by atoms with Crippen LogP contribution in [0.3, 0.4) is 0 Å².